The van der Waals surface area contributed by atoms with E-state index < -0.39 is 30.1 Å². The number of esters is 1. The van der Waals surface area contributed by atoms with Crippen LogP contribution in [0.25, 0.3) is 6.08 Å². The highest BCUT2D eigenvalue weighted by Gasteiger charge is 2.43. The number of rotatable bonds is 6. The summed E-state index contributed by atoms with van der Waals surface area (Å²) in [6.07, 6.45) is 5.76. The molecule has 1 aromatic carbocycles. The first-order valence-corrected chi connectivity index (χ1v) is 11.1. The molecule has 1 fully saturated rings. The van der Waals surface area contributed by atoms with Crippen molar-refractivity contribution >= 4 is 17.8 Å². The average Bonchev–Trinajstić information content (AvgIpc) is 3.09. The minimum Gasteiger partial charge on any atom is -0.467 e. The molecule has 9 heteroatoms. The third-order valence-corrected chi connectivity index (χ3v) is 5.17. The van der Waals surface area contributed by atoms with Gasteiger partial charge in [-0.05, 0) is 44.9 Å². The van der Waals surface area contributed by atoms with E-state index in [9.17, 15) is 9.59 Å². The lowest BCUT2D eigenvalue weighted by molar-refractivity contribution is -0.152. The van der Waals surface area contributed by atoms with E-state index in [1.807, 2.05) is 6.08 Å². The van der Waals surface area contributed by atoms with Crippen LogP contribution in [0.3, 0.4) is 0 Å². The van der Waals surface area contributed by atoms with Crippen LogP contribution < -0.4 is 9.47 Å². The van der Waals surface area contributed by atoms with Crippen LogP contribution in [0.15, 0.2) is 30.4 Å². The molecule has 1 saturated heterocycles. The van der Waals surface area contributed by atoms with E-state index in [1.165, 1.54) is 20.3 Å². The van der Waals surface area contributed by atoms with Gasteiger partial charge in [0.05, 0.1) is 6.10 Å². The molecule has 0 amide bonds. The van der Waals surface area contributed by atoms with Gasteiger partial charge in [0.2, 0.25) is 0 Å². The minimum atomic E-state index is -0.882. The van der Waals surface area contributed by atoms with Crippen LogP contribution in [0.2, 0.25) is 0 Å². The molecule has 0 N–H and O–H groups in total. The van der Waals surface area contributed by atoms with Crippen LogP contribution in [-0.2, 0) is 28.5 Å². The van der Waals surface area contributed by atoms with Gasteiger partial charge in [-0.15, -0.1) is 0 Å². The Hall–Kier alpha value is -2.72. The van der Waals surface area contributed by atoms with Gasteiger partial charge in [-0.1, -0.05) is 18.2 Å². The maximum absolute atomic E-state index is 13.1. The van der Waals surface area contributed by atoms with Gasteiger partial charge in [0, 0.05) is 26.7 Å². The van der Waals surface area contributed by atoms with Crippen LogP contribution >= 0.6 is 0 Å². The molecule has 0 spiro atoms. The molecule has 3 atom stereocenters. The molecule has 3 rings (SSSR count). The number of carbonyl (C=O) groups excluding carboxylic acids is 2. The number of benzene rings is 1. The predicted molar refractivity (Wildman–Crippen MR) is 123 cm³/mol. The van der Waals surface area contributed by atoms with Crippen molar-refractivity contribution in [2.45, 2.75) is 57.7 Å². The lowest BCUT2D eigenvalue weighted by Gasteiger charge is -2.18. The number of ether oxygens (including phenoxy) is 7. The molecular weight excluding hydrogens is 444 g/mol. The van der Waals surface area contributed by atoms with Crippen molar-refractivity contribution in [3.05, 3.63) is 41.5 Å². The summed E-state index contributed by atoms with van der Waals surface area (Å²) in [5, 5.41) is 0. The zero-order valence-electron chi connectivity index (χ0n) is 20.2. The number of carbonyl (C=O) groups is 2. The van der Waals surface area contributed by atoms with E-state index in [-0.39, 0.29) is 30.7 Å². The first kappa shape index (κ1) is 25.9. The second-order valence-electron chi connectivity index (χ2n) is 8.48. The summed E-state index contributed by atoms with van der Waals surface area (Å²) in [4.78, 5) is 25.9. The summed E-state index contributed by atoms with van der Waals surface area (Å²) in [5.74, 6) is -0.938. The number of methoxy groups -OCH3 is 2. The quantitative estimate of drug-likeness (QED) is 0.450. The lowest BCUT2D eigenvalue weighted by Crippen LogP contribution is -2.30. The average molecular weight is 477 g/mol. The van der Waals surface area contributed by atoms with Gasteiger partial charge in [0.15, 0.2) is 25.2 Å². The fourth-order valence-electron chi connectivity index (χ4n) is 3.75. The van der Waals surface area contributed by atoms with Crippen molar-refractivity contribution in [2.75, 3.05) is 27.8 Å². The maximum Gasteiger partial charge on any atom is 0.342 e. The summed E-state index contributed by atoms with van der Waals surface area (Å²) < 4.78 is 38.8. The normalized spacial score (nSPS) is 26.6. The van der Waals surface area contributed by atoms with Gasteiger partial charge in [-0.2, -0.15) is 0 Å². The Morgan fingerprint density at radius 2 is 1.68 bits per heavy atom. The minimum absolute atomic E-state index is 0.0200. The molecule has 2 aliphatic rings. The Labute approximate surface area is 199 Å². The second kappa shape index (κ2) is 11.6. The van der Waals surface area contributed by atoms with Crippen LogP contribution in [0.5, 0.6) is 11.5 Å². The first-order valence-electron chi connectivity index (χ1n) is 11.1. The Kier molecular flexibility index (Phi) is 8.84. The van der Waals surface area contributed by atoms with Crippen molar-refractivity contribution in [1.82, 2.24) is 0 Å². The van der Waals surface area contributed by atoms with Gasteiger partial charge < -0.3 is 33.2 Å². The highest BCUT2D eigenvalue weighted by molar-refractivity contribution is 5.97. The SMILES string of the molecule is COCOc1cc2c(c(OCOC)c1)C(=O)O[C@@H](C)C/C=C\C(=O)C1OC(C)(C)OC1C/C=C/2. The fraction of sp³-hybridized carbons (Fsp3) is 0.520. The monoisotopic (exact) mass is 476 g/mol. The largest absolute Gasteiger partial charge is 0.467 e. The Bertz CT molecular complexity index is 935. The second-order valence-corrected chi connectivity index (χ2v) is 8.48. The van der Waals surface area contributed by atoms with Gasteiger partial charge in [0.25, 0.3) is 0 Å². The van der Waals surface area contributed by atoms with Crippen LogP contribution in [0.4, 0.5) is 0 Å². The molecule has 34 heavy (non-hydrogen) atoms. The van der Waals surface area contributed by atoms with E-state index in [0.717, 1.165) is 0 Å². The highest BCUT2D eigenvalue weighted by atomic mass is 16.8. The smallest absolute Gasteiger partial charge is 0.342 e. The fourth-order valence-corrected chi connectivity index (χ4v) is 3.75. The zero-order valence-corrected chi connectivity index (χ0v) is 20.2. The molecule has 9 nitrogen and oxygen atoms in total. The van der Waals surface area contributed by atoms with E-state index in [1.54, 1.807) is 45.1 Å². The van der Waals surface area contributed by atoms with Gasteiger partial charge >= 0.3 is 5.97 Å². The molecule has 0 radical (unpaired) electrons. The Morgan fingerprint density at radius 3 is 2.41 bits per heavy atom. The zero-order chi connectivity index (χ0) is 24.7. The van der Waals surface area contributed by atoms with E-state index in [4.69, 9.17) is 33.2 Å². The van der Waals surface area contributed by atoms with Crippen molar-refractivity contribution in [3.8, 4) is 11.5 Å². The molecule has 0 bridgehead atoms. The first-order chi connectivity index (χ1) is 16.2. The molecule has 2 aliphatic heterocycles. The van der Waals surface area contributed by atoms with Crippen LogP contribution in [-0.4, -0.2) is 63.7 Å². The molecule has 2 heterocycles. The number of hydrogen-bond acceptors (Lipinski definition) is 9. The highest BCUT2D eigenvalue weighted by Crippen LogP contribution is 2.34. The Balaban J connectivity index is 2.03. The molecule has 0 aromatic heterocycles. The number of fused-ring (bicyclic) bond motifs is 2. The van der Waals surface area contributed by atoms with E-state index >= 15 is 0 Å². The van der Waals surface area contributed by atoms with Crippen molar-refractivity contribution in [2.24, 2.45) is 0 Å². The van der Waals surface area contributed by atoms with E-state index in [2.05, 4.69) is 0 Å². The molecular formula is C25H32O9. The topological polar surface area (TPSA) is 98.8 Å². The van der Waals surface area contributed by atoms with Crippen molar-refractivity contribution < 1.29 is 42.7 Å². The number of ketones is 1. The lowest BCUT2D eigenvalue weighted by atomic mass is 10.0. The van der Waals surface area contributed by atoms with Crippen molar-refractivity contribution in [3.63, 3.8) is 0 Å². The number of hydrogen-bond donors (Lipinski definition) is 0. The summed E-state index contributed by atoms with van der Waals surface area (Å²) >= 11 is 0. The van der Waals surface area contributed by atoms with Crippen molar-refractivity contribution in [1.29, 1.82) is 0 Å². The van der Waals surface area contributed by atoms with Gasteiger partial charge in [0.1, 0.15) is 29.3 Å². The summed E-state index contributed by atoms with van der Waals surface area (Å²) in [6, 6.07) is 3.28. The summed E-state index contributed by atoms with van der Waals surface area (Å²) in [6.45, 7) is 5.25. The number of cyclic esters (lactones) is 1. The van der Waals surface area contributed by atoms with E-state index in [0.29, 0.717) is 24.2 Å². The van der Waals surface area contributed by atoms with Crippen LogP contribution in [0, 0.1) is 0 Å². The standard InChI is InChI=1S/C25H32O9/c1-16-8-6-10-19(26)23-20(33-25(2,3)34-23)11-7-9-17-12-18(30-14-28-4)13-21(31-15-29-5)22(17)24(27)32-16/h6-7,9-10,12-13,16,20,23H,8,11,14-15H2,1-5H3/b9-7+,10-6-/t16-,20?,23?/m0/s1. The molecule has 186 valence electrons. The third kappa shape index (κ3) is 6.66. The third-order valence-electron chi connectivity index (χ3n) is 5.17. The Morgan fingerprint density at radius 1 is 0.971 bits per heavy atom. The summed E-state index contributed by atoms with van der Waals surface area (Å²) in [5.41, 5.74) is 0.757. The molecule has 0 aliphatic carbocycles. The van der Waals surface area contributed by atoms with Crippen LogP contribution in [0.1, 0.15) is 49.5 Å². The van der Waals surface area contributed by atoms with Gasteiger partial charge in [-0.25, -0.2) is 4.79 Å². The molecule has 2 unspecified atom stereocenters. The van der Waals surface area contributed by atoms with Gasteiger partial charge in [-0.3, -0.25) is 4.79 Å². The summed E-state index contributed by atoms with van der Waals surface area (Å²) in [7, 11) is 3.00. The molecule has 1 aromatic rings. The predicted octanol–water partition coefficient (Wildman–Crippen LogP) is 3.65. The molecule has 0 saturated carbocycles. The maximum atomic E-state index is 13.1.